The summed E-state index contributed by atoms with van der Waals surface area (Å²) < 4.78 is 8.75. The van der Waals surface area contributed by atoms with Crippen molar-refractivity contribution in [1.29, 1.82) is 10.5 Å². The number of pyridine rings is 1. The molecule has 11 rings (SSSR count). The molecule has 0 saturated heterocycles. The second kappa shape index (κ2) is 11.7. The first-order valence-electron chi connectivity index (χ1n) is 17.3. The zero-order chi connectivity index (χ0) is 35.4. The number of para-hydroxylation sites is 2. The third-order valence-electron chi connectivity index (χ3n) is 10.9. The van der Waals surface area contributed by atoms with E-state index in [-0.39, 0.29) is 21.1 Å². The molecular weight excluding hydrogens is 848 g/mol. The molecule has 2 aromatic heterocycles. The SMILES string of the molecule is CN1[CH-]N2c3[c-]c(Oc4[c-]c5c(cc4)c4ccccc4n5-c4ccccn4)ccc3C3(c4cccc1c42)c1c(C#N)cccc1-c1cccc(C#N)c13.[Pt]. The zero-order valence-corrected chi connectivity index (χ0v) is 30.9. The van der Waals surface area contributed by atoms with E-state index in [1.807, 2.05) is 73.8 Å². The van der Waals surface area contributed by atoms with Gasteiger partial charge < -0.3 is 19.1 Å². The molecule has 0 bridgehead atoms. The Labute approximate surface area is 325 Å². The van der Waals surface area contributed by atoms with Crippen LogP contribution in [0.15, 0.2) is 128 Å². The number of benzene rings is 6. The van der Waals surface area contributed by atoms with Gasteiger partial charge in [0.15, 0.2) is 0 Å². The Balaban J connectivity index is 0.00000361. The van der Waals surface area contributed by atoms with Crippen LogP contribution in [-0.2, 0) is 26.5 Å². The molecule has 0 N–H and O–H groups in total. The molecule has 2 aliphatic heterocycles. The van der Waals surface area contributed by atoms with Crippen LogP contribution in [0.25, 0.3) is 38.8 Å². The van der Waals surface area contributed by atoms with Crippen LogP contribution in [-0.4, -0.2) is 16.6 Å². The number of hydrogen-bond donors (Lipinski definition) is 0. The molecule has 0 radical (unpaired) electrons. The number of rotatable bonds is 3. The van der Waals surface area contributed by atoms with Crippen molar-refractivity contribution in [1.82, 2.24) is 9.55 Å². The van der Waals surface area contributed by atoms with Gasteiger partial charge in [-0.15, -0.1) is 35.2 Å². The van der Waals surface area contributed by atoms with E-state index in [0.717, 1.165) is 78.1 Å². The number of nitrogens with zero attached hydrogens (tertiary/aromatic N) is 6. The molecule has 0 amide bonds. The number of fused-ring (bicyclic) bond motifs is 12. The van der Waals surface area contributed by atoms with E-state index in [1.165, 1.54) is 0 Å². The molecular formula is C46H25N6OPt-3. The first kappa shape index (κ1) is 32.0. The largest absolute Gasteiger partial charge is 0.509 e. The minimum atomic E-state index is -0.955. The summed E-state index contributed by atoms with van der Waals surface area (Å²) in [6.07, 6.45) is 1.79. The van der Waals surface area contributed by atoms with E-state index in [9.17, 15) is 10.5 Å². The number of ether oxygens (including phenoxy) is 1. The van der Waals surface area contributed by atoms with E-state index >= 15 is 0 Å². The van der Waals surface area contributed by atoms with Gasteiger partial charge >= 0.3 is 0 Å². The first-order valence-corrected chi connectivity index (χ1v) is 17.3. The van der Waals surface area contributed by atoms with Crippen LogP contribution in [0.5, 0.6) is 11.5 Å². The Kier molecular flexibility index (Phi) is 6.92. The molecule has 258 valence electrons. The molecule has 0 atom stereocenters. The zero-order valence-electron chi connectivity index (χ0n) is 28.6. The molecule has 8 aromatic rings. The van der Waals surface area contributed by atoms with Gasteiger partial charge in [-0.1, -0.05) is 71.9 Å². The van der Waals surface area contributed by atoms with Crippen LogP contribution >= 0.6 is 0 Å². The third-order valence-corrected chi connectivity index (χ3v) is 10.9. The Morgan fingerprint density at radius 2 is 1.41 bits per heavy atom. The summed E-state index contributed by atoms with van der Waals surface area (Å²) in [7, 11) is 2.03. The number of aromatic nitrogens is 2. The molecule has 1 aliphatic carbocycles. The van der Waals surface area contributed by atoms with Crippen LogP contribution in [0.4, 0.5) is 17.1 Å². The number of anilines is 3. The molecule has 8 heteroatoms. The van der Waals surface area contributed by atoms with Crippen molar-refractivity contribution in [3.05, 3.63) is 180 Å². The first-order chi connectivity index (χ1) is 26.1. The predicted molar refractivity (Wildman–Crippen MR) is 204 cm³/mol. The quantitative estimate of drug-likeness (QED) is 0.165. The summed E-state index contributed by atoms with van der Waals surface area (Å²) in [6, 6.07) is 52.5. The van der Waals surface area contributed by atoms with Crippen LogP contribution < -0.4 is 14.5 Å². The molecule has 4 heterocycles. The Morgan fingerprint density at radius 1 is 0.704 bits per heavy atom. The van der Waals surface area contributed by atoms with Crippen molar-refractivity contribution in [2.24, 2.45) is 0 Å². The van der Waals surface area contributed by atoms with E-state index in [4.69, 9.17) is 4.74 Å². The summed E-state index contributed by atoms with van der Waals surface area (Å²) in [4.78, 5) is 8.92. The number of hydrogen-bond acceptors (Lipinski definition) is 6. The standard InChI is InChI=1S/C46H25N6O.Pt/c1-50-27-51-41-24-31(53-30-18-20-33-32-11-2-3-15-38(32)52(40(33)23-30)42-17-4-5-22-49-42)19-21-36(41)46(37-14-8-16-39(50)45(37)51)43-28(25-47)9-6-12-34(43)35-13-7-10-29(26-48)44(35)46;/h2-22,27H,1H3;/q-3;. The van der Waals surface area contributed by atoms with Crippen molar-refractivity contribution in [2.75, 3.05) is 16.8 Å². The Bertz CT molecular complexity index is 2910. The van der Waals surface area contributed by atoms with Gasteiger partial charge in [0, 0.05) is 61.1 Å². The van der Waals surface area contributed by atoms with E-state index in [0.29, 0.717) is 22.6 Å². The fraction of sp³-hybridized carbons (Fsp3) is 0.0435. The van der Waals surface area contributed by atoms with Crippen molar-refractivity contribution < 1.29 is 25.8 Å². The van der Waals surface area contributed by atoms with Crippen molar-refractivity contribution in [3.63, 3.8) is 0 Å². The fourth-order valence-corrected chi connectivity index (χ4v) is 8.98. The van der Waals surface area contributed by atoms with Crippen LogP contribution in [0.1, 0.15) is 33.4 Å². The van der Waals surface area contributed by atoms with E-state index < -0.39 is 5.41 Å². The monoisotopic (exact) mass is 872 g/mol. The average molecular weight is 873 g/mol. The average Bonchev–Trinajstić information content (AvgIpc) is 3.83. The maximum absolute atomic E-state index is 10.6. The second-order valence-electron chi connectivity index (χ2n) is 13.5. The van der Waals surface area contributed by atoms with Crippen molar-refractivity contribution in [2.45, 2.75) is 5.41 Å². The topological polar surface area (TPSA) is 81.1 Å². The Hall–Kier alpha value is -6.66. The van der Waals surface area contributed by atoms with Crippen LogP contribution in [0, 0.1) is 41.5 Å². The summed E-state index contributed by atoms with van der Waals surface area (Å²) in [5.74, 6) is 1.85. The van der Waals surface area contributed by atoms with Gasteiger partial charge in [-0.25, -0.2) is 4.98 Å². The summed E-state index contributed by atoms with van der Waals surface area (Å²) >= 11 is 0. The Morgan fingerprint density at radius 3 is 2.15 bits per heavy atom. The predicted octanol–water partition coefficient (Wildman–Crippen LogP) is 9.70. The fourth-order valence-electron chi connectivity index (χ4n) is 8.98. The maximum Gasteiger partial charge on any atom is 0.135 e. The molecule has 0 saturated carbocycles. The van der Waals surface area contributed by atoms with Crippen LogP contribution in [0.3, 0.4) is 0 Å². The van der Waals surface area contributed by atoms with Crippen molar-refractivity contribution in [3.8, 4) is 40.6 Å². The molecule has 1 spiro atoms. The summed E-state index contributed by atoms with van der Waals surface area (Å²) in [5, 5.41) is 23.4. The van der Waals surface area contributed by atoms with Gasteiger partial charge in [-0.2, -0.15) is 29.3 Å². The molecule has 6 aromatic carbocycles. The van der Waals surface area contributed by atoms with E-state index in [2.05, 4.69) is 105 Å². The summed E-state index contributed by atoms with van der Waals surface area (Å²) in [6.45, 7) is 2.06. The van der Waals surface area contributed by atoms with Gasteiger partial charge in [-0.05, 0) is 76.6 Å². The molecule has 54 heavy (non-hydrogen) atoms. The molecule has 3 aliphatic rings. The molecule has 7 nitrogen and oxygen atoms in total. The van der Waals surface area contributed by atoms with Gasteiger partial charge in [0.2, 0.25) is 0 Å². The maximum atomic E-state index is 10.6. The van der Waals surface area contributed by atoms with Gasteiger partial charge in [0.05, 0.1) is 23.3 Å². The van der Waals surface area contributed by atoms with Crippen LogP contribution in [0.2, 0.25) is 0 Å². The third kappa shape index (κ3) is 4.05. The van der Waals surface area contributed by atoms with Crippen molar-refractivity contribution >= 4 is 38.9 Å². The minimum absolute atomic E-state index is 0. The minimum Gasteiger partial charge on any atom is -0.509 e. The number of nitriles is 2. The van der Waals surface area contributed by atoms with E-state index in [1.54, 1.807) is 6.20 Å². The normalized spacial score (nSPS) is 13.8. The smallest absolute Gasteiger partial charge is 0.135 e. The van der Waals surface area contributed by atoms with Gasteiger partial charge in [0.25, 0.3) is 0 Å². The van der Waals surface area contributed by atoms with Gasteiger partial charge in [-0.3, -0.25) is 0 Å². The second-order valence-corrected chi connectivity index (χ2v) is 13.5. The van der Waals surface area contributed by atoms with Gasteiger partial charge in [0.1, 0.15) is 5.82 Å². The molecule has 0 unspecified atom stereocenters. The summed E-state index contributed by atoms with van der Waals surface area (Å²) in [5.41, 5.74) is 10.5. The molecule has 0 fully saturated rings.